The Bertz CT molecular complexity index is 375. The average Bonchev–Trinajstić information content (AvgIpc) is 2.29. The summed E-state index contributed by atoms with van der Waals surface area (Å²) < 4.78 is 5.28. The van der Waals surface area contributed by atoms with Crippen molar-refractivity contribution in [2.24, 2.45) is 0 Å². The molecule has 0 aliphatic carbocycles. The summed E-state index contributed by atoms with van der Waals surface area (Å²) in [4.78, 5) is 21.1. The predicted molar refractivity (Wildman–Crippen MR) is 61.8 cm³/mol. The Morgan fingerprint density at radius 1 is 1.47 bits per heavy atom. The molecule has 1 rings (SSSR count). The summed E-state index contributed by atoms with van der Waals surface area (Å²) in [6, 6.07) is 6.48. The van der Waals surface area contributed by atoms with Crippen molar-refractivity contribution in [3.8, 4) is 5.75 Å². The van der Waals surface area contributed by atoms with Crippen molar-refractivity contribution in [1.29, 1.82) is 0 Å². The second kappa shape index (κ2) is 6.52. The lowest BCUT2D eigenvalue weighted by Crippen LogP contribution is -2.22. The Hall–Kier alpha value is -2.04. The lowest BCUT2D eigenvalue weighted by Gasteiger charge is -2.14. The second-order valence-electron chi connectivity index (χ2n) is 3.44. The molecule has 0 fully saturated rings. The molecule has 0 bridgehead atoms. The van der Waals surface area contributed by atoms with Crippen molar-refractivity contribution in [2.75, 3.05) is 6.61 Å². The maximum atomic E-state index is 10.6. The smallest absolute Gasteiger partial charge is 0.305 e. The van der Waals surface area contributed by atoms with Crippen LogP contribution in [0.4, 0.5) is 0 Å². The van der Waals surface area contributed by atoms with Gasteiger partial charge in [0.1, 0.15) is 5.75 Å². The Labute approximate surface area is 99.4 Å². The van der Waals surface area contributed by atoms with Gasteiger partial charge in [0.25, 0.3) is 0 Å². The molecule has 0 unspecified atom stereocenters. The number of benzene rings is 1. The summed E-state index contributed by atoms with van der Waals surface area (Å²) in [7, 11) is 0. The summed E-state index contributed by atoms with van der Waals surface area (Å²) in [6.45, 7) is 2.46. The molecule has 0 spiro atoms. The molecule has 92 valence electrons. The number of hydrogen-bond donors (Lipinski definition) is 2. The standard InChI is InChI=1S/C12H15NO4/c1-2-17-10-5-3-9(4-6-10)11(13-8-14)7-12(15)16/h3-6,8,11H,2,7H2,1H3,(H,13,14)(H,15,16)/t11-/m0/s1. The molecule has 0 saturated heterocycles. The number of carboxylic acids is 1. The molecule has 0 radical (unpaired) electrons. The molecule has 0 heterocycles. The van der Waals surface area contributed by atoms with Crippen molar-refractivity contribution in [1.82, 2.24) is 5.32 Å². The maximum Gasteiger partial charge on any atom is 0.305 e. The van der Waals surface area contributed by atoms with E-state index in [1.165, 1.54) is 0 Å². The van der Waals surface area contributed by atoms with Crippen LogP contribution in [0.15, 0.2) is 24.3 Å². The van der Waals surface area contributed by atoms with Gasteiger partial charge in [-0.3, -0.25) is 9.59 Å². The number of carboxylic acid groups (broad SMARTS) is 1. The number of carbonyl (C=O) groups excluding carboxylic acids is 1. The maximum absolute atomic E-state index is 10.6. The van der Waals surface area contributed by atoms with Crippen molar-refractivity contribution in [3.63, 3.8) is 0 Å². The van der Waals surface area contributed by atoms with Crippen molar-refractivity contribution in [2.45, 2.75) is 19.4 Å². The normalized spacial score (nSPS) is 11.6. The van der Waals surface area contributed by atoms with Crippen LogP contribution in [0.2, 0.25) is 0 Å². The number of nitrogens with one attached hydrogen (secondary N) is 1. The minimum atomic E-state index is -0.960. The fraction of sp³-hybridized carbons (Fsp3) is 0.333. The van der Waals surface area contributed by atoms with E-state index >= 15 is 0 Å². The monoisotopic (exact) mass is 237 g/mol. The zero-order valence-corrected chi connectivity index (χ0v) is 9.55. The van der Waals surface area contributed by atoms with E-state index in [1.807, 2.05) is 6.92 Å². The van der Waals surface area contributed by atoms with Crippen LogP contribution in [-0.4, -0.2) is 24.1 Å². The van der Waals surface area contributed by atoms with Crippen LogP contribution in [0.1, 0.15) is 24.9 Å². The highest BCUT2D eigenvalue weighted by Gasteiger charge is 2.14. The summed E-state index contributed by atoms with van der Waals surface area (Å²) in [6.07, 6.45) is 0.358. The van der Waals surface area contributed by atoms with Gasteiger partial charge in [-0.05, 0) is 24.6 Å². The first-order valence-corrected chi connectivity index (χ1v) is 5.31. The number of carbonyl (C=O) groups is 2. The predicted octanol–water partition coefficient (Wildman–Crippen LogP) is 1.35. The number of hydrogen-bond acceptors (Lipinski definition) is 3. The fourth-order valence-corrected chi connectivity index (χ4v) is 1.49. The number of ether oxygens (including phenoxy) is 1. The molecule has 0 aliphatic rings. The van der Waals surface area contributed by atoms with Gasteiger partial charge in [0.05, 0.1) is 19.1 Å². The van der Waals surface area contributed by atoms with Crippen molar-refractivity contribution >= 4 is 12.4 Å². The van der Waals surface area contributed by atoms with Gasteiger partial charge in [0, 0.05) is 0 Å². The topological polar surface area (TPSA) is 75.6 Å². The number of amides is 1. The molecule has 5 nitrogen and oxygen atoms in total. The third-order valence-corrected chi connectivity index (χ3v) is 2.24. The van der Waals surface area contributed by atoms with Gasteiger partial charge in [-0.15, -0.1) is 0 Å². The first-order valence-electron chi connectivity index (χ1n) is 5.31. The van der Waals surface area contributed by atoms with Gasteiger partial charge in [-0.2, -0.15) is 0 Å². The summed E-state index contributed by atoms with van der Waals surface area (Å²) in [5.74, 6) is -0.241. The number of aliphatic carboxylic acids is 1. The minimum absolute atomic E-state index is 0.146. The average molecular weight is 237 g/mol. The van der Waals surface area contributed by atoms with E-state index in [9.17, 15) is 9.59 Å². The molecule has 0 saturated carbocycles. The van der Waals surface area contributed by atoms with Gasteiger partial charge in [-0.25, -0.2) is 0 Å². The molecule has 2 N–H and O–H groups in total. The highest BCUT2D eigenvalue weighted by Crippen LogP contribution is 2.20. The first-order chi connectivity index (χ1) is 8.17. The molecule has 1 aromatic carbocycles. The molecule has 0 aromatic heterocycles. The zero-order valence-electron chi connectivity index (χ0n) is 9.55. The van der Waals surface area contributed by atoms with Crippen LogP contribution in [0.3, 0.4) is 0 Å². The summed E-state index contributed by atoms with van der Waals surface area (Å²) >= 11 is 0. The quantitative estimate of drug-likeness (QED) is 0.702. The van der Waals surface area contributed by atoms with E-state index in [4.69, 9.17) is 9.84 Å². The number of rotatable bonds is 7. The van der Waals surface area contributed by atoms with Crippen molar-refractivity contribution in [3.05, 3.63) is 29.8 Å². The SMILES string of the molecule is CCOc1ccc([C@H](CC(=O)O)NC=O)cc1. The van der Waals surface area contributed by atoms with Gasteiger partial charge in [0.2, 0.25) is 6.41 Å². The Kier molecular flexibility index (Phi) is 5.00. The van der Waals surface area contributed by atoms with Crippen LogP contribution < -0.4 is 10.1 Å². The van der Waals surface area contributed by atoms with Crippen LogP contribution >= 0.6 is 0 Å². The highest BCUT2D eigenvalue weighted by molar-refractivity contribution is 5.68. The summed E-state index contributed by atoms with van der Waals surface area (Å²) in [5.41, 5.74) is 0.739. The van der Waals surface area contributed by atoms with E-state index in [2.05, 4.69) is 5.32 Å². The first kappa shape index (κ1) is 13.0. The summed E-state index contributed by atoms with van der Waals surface area (Å²) in [5, 5.41) is 11.2. The van der Waals surface area contributed by atoms with E-state index in [0.29, 0.717) is 13.0 Å². The Balaban J connectivity index is 2.79. The van der Waals surface area contributed by atoms with Crippen molar-refractivity contribution < 1.29 is 19.4 Å². The van der Waals surface area contributed by atoms with E-state index in [-0.39, 0.29) is 6.42 Å². The van der Waals surface area contributed by atoms with Crippen LogP contribution in [0.5, 0.6) is 5.75 Å². The molecule has 1 atom stereocenters. The Morgan fingerprint density at radius 3 is 2.59 bits per heavy atom. The second-order valence-corrected chi connectivity index (χ2v) is 3.44. The van der Waals surface area contributed by atoms with Gasteiger partial charge < -0.3 is 15.2 Å². The molecule has 5 heteroatoms. The van der Waals surface area contributed by atoms with Crippen LogP contribution in [0, 0.1) is 0 Å². The van der Waals surface area contributed by atoms with E-state index < -0.39 is 12.0 Å². The fourth-order valence-electron chi connectivity index (χ4n) is 1.49. The highest BCUT2D eigenvalue weighted by atomic mass is 16.5. The largest absolute Gasteiger partial charge is 0.494 e. The molecule has 1 aromatic rings. The zero-order chi connectivity index (χ0) is 12.7. The lowest BCUT2D eigenvalue weighted by atomic mass is 10.0. The third kappa shape index (κ3) is 4.14. The van der Waals surface area contributed by atoms with Gasteiger partial charge in [-0.1, -0.05) is 12.1 Å². The van der Waals surface area contributed by atoms with Gasteiger partial charge >= 0.3 is 5.97 Å². The Morgan fingerprint density at radius 2 is 2.12 bits per heavy atom. The van der Waals surface area contributed by atoms with E-state index in [0.717, 1.165) is 11.3 Å². The molecule has 1 amide bonds. The van der Waals surface area contributed by atoms with Crippen LogP contribution in [0.25, 0.3) is 0 Å². The van der Waals surface area contributed by atoms with Crippen LogP contribution in [-0.2, 0) is 9.59 Å². The van der Waals surface area contributed by atoms with E-state index in [1.54, 1.807) is 24.3 Å². The minimum Gasteiger partial charge on any atom is -0.494 e. The molecule has 0 aliphatic heterocycles. The lowest BCUT2D eigenvalue weighted by molar-refractivity contribution is -0.137. The molecular weight excluding hydrogens is 222 g/mol. The van der Waals surface area contributed by atoms with Gasteiger partial charge in [0.15, 0.2) is 0 Å². The molecular formula is C12H15NO4. The molecule has 17 heavy (non-hydrogen) atoms. The third-order valence-electron chi connectivity index (χ3n) is 2.24.